The normalized spacial score (nSPS) is 10.9. The van der Waals surface area contributed by atoms with Crippen LogP contribution >= 0.6 is 11.3 Å². The molecule has 1 aromatic heterocycles. The minimum atomic E-state index is -0.406. The van der Waals surface area contributed by atoms with Crippen molar-refractivity contribution in [2.45, 2.75) is 13.2 Å². The molecule has 0 spiro atoms. The van der Waals surface area contributed by atoms with Crippen LogP contribution in [0, 0.1) is 10.1 Å². The zero-order valence-corrected chi connectivity index (χ0v) is 11.9. The average molecular weight is 300 g/mol. The van der Waals surface area contributed by atoms with Crippen LogP contribution in [0.1, 0.15) is 10.6 Å². The van der Waals surface area contributed by atoms with Crippen molar-refractivity contribution < 1.29 is 9.66 Å². The molecule has 0 aliphatic heterocycles. The lowest BCUT2D eigenvalue weighted by molar-refractivity contribution is -0.384. The molecule has 6 heteroatoms. The summed E-state index contributed by atoms with van der Waals surface area (Å²) >= 11 is 1.60. The molecule has 0 fully saturated rings. The number of hydrogen-bond acceptors (Lipinski definition) is 5. The topological polar surface area (TPSA) is 65.3 Å². The Morgan fingerprint density at radius 2 is 2.00 bits per heavy atom. The number of nitro groups is 1. The monoisotopic (exact) mass is 300 g/mol. The summed E-state index contributed by atoms with van der Waals surface area (Å²) in [7, 11) is 0. The van der Waals surface area contributed by atoms with Gasteiger partial charge >= 0.3 is 0 Å². The quantitative estimate of drug-likeness (QED) is 0.529. The van der Waals surface area contributed by atoms with Crippen LogP contribution in [0.25, 0.3) is 10.2 Å². The Morgan fingerprint density at radius 1 is 1.14 bits per heavy atom. The molecule has 2 aromatic carbocycles. The van der Waals surface area contributed by atoms with Gasteiger partial charge in [-0.25, -0.2) is 4.98 Å². The van der Waals surface area contributed by atoms with Crippen LogP contribution in [0.2, 0.25) is 0 Å². The second-order valence-corrected chi connectivity index (χ2v) is 5.61. The van der Waals surface area contributed by atoms with Crippen molar-refractivity contribution in [3.05, 3.63) is 69.2 Å². The molecular weight excluding hydrogens is 288 g/mol. The highest BCUT2D eigenvalue weighted by atomic mass is 32.1. The van der Waals surface area contributed by atoms with Gasteiger partial charge < -0.3 is 4.74 Å². The van der Waals surface area contributed by atoms with Crippen molar-refractivity contribution in [2.24, 2.45) is 0 Å². The van der Waals surface area contributed by atoms with E-state index in [-0.39, 0.29) is 5.69 Å². The number of non-ortho nitro benzene ring substituents is 1. The van der Waals surface area contributed by atoms with E-state index < -0.39 is 4.92 Å². The van der Waals surface area contributed by atoms with Crippen molar-refractivity contribution in [3.8, 4) is 0 Å². The van der Waals surface area contributed by atoms with Crippen LogP contribution in [-0.2, 0) is 18.0 Å². The average Bonchev–Trinajstić information content (AvgIpc) is 2.90. The molecule has 5 nitrogen and oxygen atoms in total. The van der Waals surface area contributed by atoms with Gasteiger partial charge in [0.25, 0.3) is 5.69 Å². The maximum atomic E-state index is 10.7. The summed E-state index contributed by atoms with van der Waals surface area (Å²) in [6.07, 6.45) is 0. The molecule has 0 atom stereocenters. The van der Waals surface area contributed by atoms with E-state index >= 15 is 0 Å². The number of fused-ring (bicyclic) bond motifs is 1. The summed E-state index contributed by atoms with van der Waals surface area (Å²) in [5, 5.41) is 11.6. The second kappa shape index (κ2) is 5.99. The Kier molecular flexibility index (Phi) is 3.89. The van der Waals surface area contributed by atoms with E-state index in [1.54, 1.807) is 17.4 Å². The third kappa shape index (κ3) is 3.24. The molecule has 106 valence electrons. The molecule has 0 saturated heterocycles. The smallest absolute Gasteiger partial charge is 0.269 e. The van der Waals surface area contributed by atoms with E-state index in [0.29, 0.717) is 13.2 Å². The van der Waals surface area contributed by atoms with Crippen LogP contribution in [0.3, 0.4) is 0 Å². The molecule has 3 aromatic rings. The number of para-hydroxylation sites is 1. The minimum Gasteiger partial charge on any atom is -0.370 e. The Morgan fingerprint density at radius 3 is 2.81 bits per heavy atom. The van der Waals surface area contributed by atoms with Crippen molar-refractivity contribution in [3.63, 3.8) is 0 Å². The maximum Gasteiger partial charge on any atom is 0.269 e. The second-order valence-electron chi connectivity index (χ2n) is 4.50. The summed E-state index contributed by atoms with van der Waals surface area (Å²) in [4.78, 5) is 14.8. The van der Waals surface area contributed by atoms with Gasteiger partial charge in [-0.05, 0) is 17.7 Å². The van der Waals surface area contributed by atoms with Gasteiger partial charge in [0.15, 0.2) is 0 Å². The summed E-state index contributed by atoms with van der Waals surface area (Å²) in [6.45, 7) is 0.736. The van der Waals surface area contributed by atoms with E-state index in [9.17, 15) is 10.1 Å². The lowest BCUT2D eigenvalue weighted by Gasteiger charge is -2.02. The van der Waals surface area contributed by atoms with E-state index in [2.05, 4.69) is 4.98 Å². The van der Waals surface area contributed by atoms with Gasteiger partial charge in [0, 0.05) is 12.1 Å². The van der Waals surface area contributed by atoms with Crippen molar-refractivity contribution in [1.29, 1.82) is 0 Å². The largest absolute Gasteiger partial charge is 0.370 e. The number of nitro benzene ring substituents is 1. The number of ether oxygens (including phenoxy) is 1. The van der Waals surface area contributed by atoms with Crippen LogP contribution < -0.4 is 0 Å². The number of benzene rings is 2. The van der Waals surface area contributed by atoms with Crippen molar-refractivity contribution in [2.75, 3.05) is 0 Å². The third-order valence-electron chi connectivity index (χ3n) is 2.95. The maximum absolute atomic E-state index is 10.7. The van der Waals surface area contributed by atoms with Gasteiger partial charge in [-0.2, -0.15) is 0 Å². The molecule has 0 radical (unpaired) electrons. The predicted octanol–water partition coefficient (Wildman–Crippen LogP) is 3.92. The summed E-state index contributed by atoms with van der Waals surface area (Å²) in [6, 6.07) is 14.4. The molecule has 1 heterocycles. The number of rotatable bonds is 5. The lowest BCUT2D eigenvalue weighted by atomic mass is 10.2. The first-order valence-corrected chi connectivity index (χ1v) is 7.19. The van der Waals surface area contributed by atoms with Gasteiger partial charge in [-0.15, -0.1) is 11.3 Å². The zero-order valence-electron chi connectivity index (χ0n) is 11.1. The highest BCUT2D eigenvalue weighted by Crippen LogP contribution is 2.22. The highest BCUT2D eigenvalue weighted by molar-refractivity contribution is 7.18. The van der Waals surface area contributed by atoms with Crippen LogP contribution in [-0.4, -0.2) is 9.91 Å². The summed E-state index contributed by atoms with van der Waals surface area (Å²) < 4.78 is 6.73. The first-order chi connectivity index (χ1) is 10.2. The molecule has 3 rings (SSSR count). The molecule has 0 saturated carbocycles. The number of nitrogens with zero attached hydrogens (tertiary/aromatic N) is 2. The van der Waals surface area contributed by atoms with Crippen LogP contribution in [0.15, 0.2) is 48.5 Å². The predicted molar refractivity (Wildman–Crippen MR) is 81.2 cm³/mol. The van der Waals surface area contributed by atoms with Gasteiger partial charge in [-0.1, -0.05) is 24.3 Å². The molecule has 0 amide bonds. The molecular formula is C15H12N2O3S. The Balaban J connectivity index is 1.63. The van der Waals surface area contributed by atoms with Gasteiger partial charge in [-0.3, -0.25) is 10.1 Å². The fraction of sp³-hybridized carbons (Fsp3) is 0.133. The van der Waals surface area contributed by atoms with E-state index in [4.69, 9.17) is 4.74 Å². The Bertz CT molecular complexity index is 752. The molecule has 0 aliphatic rings. The Hall–Kier alpha value is -2.31. The van der Waals surface area contributed by atoms with Crippen LogP contribution in [0.4, 0.5) is 5.69 Å². The fourth-order valence-corrected chi connectivity index (χ4v) is 2.90. The zero-order chi connectivity index (χ0) is 14.7. The fourth-order valence-electron chi connectivity index (χ4n) is 2.00. The van der Waals surface area contributed by atoms with Gasteiger partial charge in [0.1, 0.15) is 5.01 Å². The van der Waals surface area contributed by atoms with Crippen molar-refractivity contribution in [1.82, 2.24) is 4.98 Å². The van der Waals surface area contributed by atoms with E-state index in [1.165, 1.54) is 12.1 Å². The molecule has 0 N–H and O–H groups in total. The SMILES string of the molecule is O=[N+]([O-])c1cccc(COCc2nc3ccccc3s2)c1. The first kappa shape index (κ1) is 13.7. The molecule has 0 bridgehead atoms. The van der Waals surface area contributed by atoms with E-state index in [1.807, 2.05) is 30.3 Å². The molecule has 21 heavy (non-hydrogen) atoms. The Labute approximate surface area is 125 Å². The first-order valence-electron chi connectivity index (χ1n) is 6.38. The van der Waals surface area contributed by atoms with Crippen LogP contribution in [0.5, 0.6) is 0 Å². The lowest BCUT2D eigenvalue weighted by Crippen LogP contribution is -1.95. The van der Waals surface area contributed by atoms with Gasteiger partial charge in [0.05, 0.1) is 28.4 Å². The summed E-state index contributed by atoms with van der Waals surface area (Å²) in [5.41, 5.74) is 1.83. The summed E-state index contributed by atoms with van der Waals surface area (Å²) in [5.74, 6) is 0. The molecule has 0 aliphatic carbocycles. The number of thiazole rings is 1. The highest BCUT2D eigenvalue weighted by Gasteiger charge is 2.07. The number of hydrogen-bond donors (Lipinski definition) is 0. The third-order valence-corrected chi connectivity index (χ3v) is 3.96. The van der Waals surface area contributed by atoms with Crippen molar-refractivity contribution >= 4 is 27.2 Å². The number of aromatic nitrogens is 1. The standard InChI is InChI=1S/C15H12N2O3S/c18-17(19)12-5-3-4-11(8-12)9-20-10-15-16-13-6-1-2-7-14(13)21-15/h1-8H,9-10H2. The molecule has 0 unspecified atom stereocenters. The van der Waals surface area contributed by atoms with Gasteiger partial charge in [0.2, 0.25) is 0 Å². The van der Waals surface area contributed by atoms with E-state index in [0.717, 1.165) is 20.8 Å². The minimum absolute atomic E-state index is 0.0797.